The van der Waals surface area contributed by atoms with Gasteiger partial charge in [0.15, 0.2) is 11.5 Å². The highest BCUT2D eigenvalue weighted by Gasteiger charge is 2.30. The lowest BCUT2D eigenvalue weighted by Gasteiger charge is -2.12. The van der Waals surface area contributed by atoms with Gasteiger partial charge in [-0.15, -0.1) is 0 Å². The zero-order chi connectivity index (χ0) is 22.4. The van der Waals surface area contributed by atoms with Crippen LogP contribution in [0.15, 0.2) is 18.2 Å². The Morgan fingerprint density at radius 1 is 1.17 bits per heavy atom. The van der Waals surface area contributed by atoms with E-state index in [4.69, 9.17) is 14.2 Å². The van der Waals surface area contributed by atoms with Gasteiger partial charge in [-0.2, -0.15) is 0 Å². The van der Waals surface area contributed by atoms with Crippen LogP contribution < -0.4 is 14.8 Å². The van der Waals surface area contributed by atoms with Crippen molar-refractivity contribution in [2.45, 2.75) is 26.9 Å². The topological polar surface area (TPSA) is 127 Å². The molecule has 0 fully saturated rings. The van der Waals surface area contributed by atoms with Gasteiger partial charge in [0, 0.05) is 17.8 Å². The Labute approximate surface area is 174 Å². The van der Waals surface area contributed by atoms with Crippen LogP contribution in [-0.2, 0) is 9.53 Å². The zero-order valence-corrected chi connectivity index (χ0v) is 17.6. The Bertz CT molecular complexity index is 947. The van der Waals surface area contributed by atoms with Crippen LogP contribution in [-0.4, -0.2) is 61.2 Å². The number of Topliss-reactive ketones (excluding diaryl/α,β-unsaturated/α-hetero) is 1. The molecule has 1 aromatic carbocycles. The molecule has 0 radical (unpaired) electrons. The van der Waals surface area contributed by atoms with E-state index in [1.54, 1.807) is 32.0 Å². The van der Waals surface area contributed by atoms with Crippen LogP contribution in [0.2, 0.25) is 0 Å². The average molecular weight is 418 g/mol. The molecule has 3 N–H and O–H groups in total. The van der Waals surface area contributed by atoms with Crippen LogP contribution >= 0.6 is 0 Å². The van der Waals surface area contributed by atoms with Crippen molar-refractivity contribution >= 4 is 17.7 Å². The predicted molar refractivity (Wildman–Crippen MR) is 109 cm³/mol. The molecule has 0 bridgehead atoms. The van der Waals surface area contributed by atoms with Crippen molar-refractivity contribution in [1.82, 2.24) is 10.3 Å². The van der Waals surface area contributed by atoms with Gasteiger partial charge in [0.2, 0.25) is 0 Å². The number of amides is 1. The van der Waals surface area contributed by atoms with Crippen LogP contribution in [0, 0.1) is 6.92 Å². The van der Waals surface area contributed by atoms with Crippen LogP contribution in [0.5, 0.6) is 11.5 Å². The zero-order valence-electron chi connectivity index (χ0n) is 17.6. The van der Waals surface area contributed by atoms with Gasteiger partial charge >= 0.3 is 5.97 Å². The van der Waals surface area contributed by atoms with Crippen molar-refractivity contribution in [2.24, 2.45) is 0 Å². The van der Waals surface area contributed by atoms with Gasteiger partial charge in [-0.3, -0.25) is 9.59 Å². The molecule has 1 aromatic heterocycles. The van der Waals surface area contributed by atoms with Crippen molar-refractivity contribution in [3.05, 3.63) is 35.2 Å². The maximum atomic E-state index is 12.8. The van der Waals surface area contributed by atoms with E-state index in [9.17, 15) is 19.5 Å². The monoisotopic (exact) mass is 418 g/mol. The molecule has 9 nitrogen and oxygen atoms in total. The SMILES string of the molecule is CCOC(=O)c1c(C)[nH]c(C(=O)C(=O)NC[C@H](C)O)c1-c1ccc(OC)c(OC)c1. The molecule has 1 atom stereocenters. The van der Waals surface area contributed by atoms with E-state index in [1.165, 1.54) is 21.1 Å². The number of aliphatic hydroxyl groups is 1. The number of ether oxygens (including phenoxy) is 3. The molecule has 0 unspecified atom stereocenters. The van der Waals surface area contributed by atoms with Crippen LogP contribution in [0.1, 0.15) is 40.4 Å². The third-order valence-electron chi connectivity index (χ3n) is 4.33. The highest BCUT2D eigenvalue weighted by molar-refractivity contribution is 6.43. The van der Waals surface area contributed by atoms with Gasteiger partial charge in [0.25, 0.3) is 11.7 Å². The maximum Gasteiger partial charge on any atom is 0.340 e. The molecule has 2 aromatic rings. The number of ketones is 1. The molecule has 1 amide bonds. The fraction of sp³-hybridized carbons (Fsp3) is 0.381. The second kappa shape index (κ2) is 9.93. The number of H-pyrrole nitrogens is 1. The van der Waals surface area contributed by atoms with Gasteiger partial charge in [-0.1, -0.05) is 6.07 Å². The van der Waals surface area contributed by atoms with E-state index in [2.05, 4.69) is 10.3 Å². The molecule has 30 heavy (non-hydrogen) atoms. The first kappa shape index (κ1) is 23.0. The van der Waals surface area contributed by atoms with E-state index in [0.29, 0.717) is 22.8 Å². The number of aromatic amines is 1. The quantitative estimate of drug-likeness (QED) is 0.322. The molecular formula is C21H26N2O7. The molecule has 0 aliphatic rings. The summed E-state index contributed by atoms with van der Waals surface area (Å²) in [6.45, 7) is 4.83. The largest absolute Gasteiger partial charge is 0.493 e. The molecule has 0 saturated carbocycles. The summed E-state index contributed by atoms with van der Waals surface area (Å²) in [5.74, 6) is -1.55. The van der Waals surface area contributed by atoms with E-state index < -0.39 is 23.8 Å². The first-order valence-electron chi connectivity index (χ1n) is 9.37. The Kier molecular flexibility index (Phi) is 7.60. The fourth-order valence-corrected chi connectivity index (χ4v) is 2.97. The Balaban J connectivity index is 2.64. The van der Waals surface area contributed by atoms with Crippen molar-refractivity contribution in [3.63, 3.8) is 0 Å². The molecule has 1 heterocycles. The van der Waals surface area contributed by atoms with Crippen LogP contribution in [0.4, 0.5) is 0 Å². The molecule has 2 rings (SSSR count). The van der Waals surface area contributed by atoms with Gasteiger partial charge in [-0.05, 0) is 38.5 Å². The number of hydrogen-bond donors (Lipinski definition) is 3. The number of aromatic nitrogens is 1. The summed E-state index contributed by atoms with van der Waals surface area (Å²) >= 11 is 0. The first-order chi connectivity index (χ1) is 14.2. The molecule has 9 heteroatoms. The summed E-state index contributed by atoms with van der Waals surface area (Å²) in [7, 11) is 2.95. The Morgan fingerprint density at radius 2 is 1.83 bits per heavy atom. The first-order valence-corrected chi connectivity index (χ1v) is 9.37. The van der Waals surface area contributed by atoms with E-state index >= 15 is 0 Å². The van der Waals surface area contributed by atoms with Crippen LogP contribution in [0.25, 0.3) is 11.1 Å². The number of aliphatic hydroxyl groups excluding tert-OH is 1. The summed E-state index contributed by atoms with van der Waals surface area (Å²) in [6, 6.07) is 4.89. The van der Waals surface area contributed by atoms with Crippen molar-refractivity contribution in [1.29, 1.82) is 0 Å². The van der Waals surface area contributed by atoms with Crippen LogP contribution in [0.3, 0.4) is 0 Å². The predicted octanol–water partition coefficient (Wildman–Crippen LogP) is 1.86. The summed E-state index contributed by atoms with van der Waals surface area (Å²) in [5, 5.41) is 11.7. The lowest BCUT2D eigenvalue weighted by Crippen LogP contribution is -2.36. The molecule has 162 valence electrons. The second-order valence-electron chi connectivity index (χ2n) is 6.55. The number of methoxy groups -OCH3 is 2. The molecular weight excluding hydrogens is 392 g/mol. The minimum atomic E-state index is -0.908. The number of hydrogen-bond acceptors (Lipinski definition) is 7. The lowest BCUT2D eigenvalue weighted by atomic mass is 9.97. The second-order valence-corrected chi connectivity index (χ2v) is 6.55. The van der Waals surface area contributed by atoms with Crippen molar-refractivity contribution in [3.8, 4) is 22.6 Å². The normalized spacial score (nSPS) is 11.5. The van der Waals surface area contributed by atoms with Gasteiger partial charge < -0.3 is 29.6 Å². The summed E-state index contributed by atoms with van der Waals surface area (Å²) in [6.07, 6.45) is -0.812. The highest BCUT2D eigenvalue weighted by atomic mass is 16.5. The smallest absolute Gasteiger partial charge is 0.340 e. The number of carbonyl (C=O) groups is 3. The lowest BCUT2D eigenvalue weighted by molar-refractivity contribution is -0.117. The number of esters is 1. The maximum absolute atomic E-state index is 12.8. The van der Waals surface area contributed by atoms with E-state index in [-0.39, 0.29) is 30.0 Å². The van der Waals surface area contributed by atoms with Crippen molar-refractivity contribution in [2.75, 3.05) is 27.4 Å². The summed E-state index contributed by atoms with van der Waals surface area (Å²) < 4.78 is 15.7. The third kappa shape index (κ3) is 4.80. The highest BCUT2D eigenvalue weighted by Crippen LogP contribution is 2.37. The molecule has 0 spiro atoms. The number of carbonyl (C=O) groups excluding carboxylic acids is 3. The number of nitrogens with one attached hydrogen (secondary N) is 2. The Hall–Kier alpha value is -3.33. The molecule has 0 aliphatic carbocycles. The number of rotatable bonds is 9. The van der Waals surface area contributed by atoms with Gasteiger partial charge in [0.1, 0.15) is 5.69 Å². The fourth-order valence-electron chi connectivity index (χ4n) is 2.97. The minimum Gasteiger partial charge on any atom is -0.493 e. The standard InChI is InChI=1S/C21H26N2O7/c1-6-30-21(27)16-12(3)23-18(19(25)20(26)22-10-11(2)24)17(16)13-7-8-14(28-4)15(9-13)29-5/h7-9,11,23-24H,6,10H2,1-5H3,(H,22,26)/t11-/m0/s1. The van der Waals surface area contributed by atoms with Gasteiger partial charge in [-0.25, -0.2) is 4.79 Å². The summed E-state index contributed by atoms with van der Waals surface area (Å²) in [5.41, 5.74) is 1.15. The Morgan fingerprint density at radius 3 is 2.40 bits per heavy atom. The number of aryl methyl sites for hydroxylation is 1. The minimum absolute atomic E-state index is 0.0640. The van der Waals surface area contributed by atoms with E-state index in [1.807, 2.05) is 0 Å². The average Bonchev–Trinajstić information content (AvgIpc) is 3.07. The van der Waals surface area contributed by atoms with E-state index in [0.717, 1.165) is 0 Å². The molecule has 0 saturated heterocycles. The van der Waals surface area contributed by atoms with Crippen molar-refractivity contribution < 1.29 is 33.7 Å². The third-order valence-corrected chi connectivity index (χ3v) is 4.33. The van der Waals surface area contributed by atoms with Gasteiger partial charge in [0.05, 0.1) is 32.5 Å². The number of benzene rings is 1. The molecule has 0 aliphatic heterocycles. The summed E-state index contributed by atoms with van der Waals surface area (Å²) in [4.78, 5) is 40.6.